The van der Waals surface area contributed by atoms with E-state index in [0.717, 1.165) is 6.42 Å². The summed E-state index contributed by atoms with van der Waals surface area (Å²) in [5, 5.41) is 17.1. The van der Waals surface area contributed by atoms with Crippen molar-refractivity contribution in [1.29, 1.82) is 0 Å². The molecule has 2 nitrogen and oxygen atoms in total. The zero-order valence-corrected chi connectivity index (χ0v) is 4.04. The maximum absolute atomic E-state index is 8.69. The van der Waals surface area contributed by atoms with Gasteiger partial charge in [0.25, 0.3) is 0 Å². The van der Waals surface area contributed by atoms with Crippen LogP contribution in [0.5, 0.6) is 0 Å². The minimum atomic E-state index is -0.329. The summed E-state index contributed by atoms with van der Waals surface area (Å²) in [5.74, 6) is 0.139. The molecule has 1 aliphatic rings. The molecule has 0 amide bonds. The second kappa shape index (κ2) is 1.80. The Balaban J connectivity index is 2.16. The molecule has 1 rings (SSSR count). The number of aliphatic hydroxyl groups is 2. The lowest BCUT2D eigenvalue weighted by Gasteiger charge is -2.29. The predicted molar refractivity (Wildman–Crippen MR) is 25.5 cm³/mol. The summed E-state index contributed by atoms with van der Waals surface area (Å²) in [4.78, 5) is 0. The molecule has 0 heterocycles. The summed E-state index contributed by atoms with van der Waals surface area (Å²) in [5.41, 5.74) is 0. The van der Waals surface area contributed by atoms with Crippen molar-refractivity contribution in [1.82, 2.24) is 0 Å². The SMILES string of the molecule is OCC1C[CH]C1O. The summed E-state index contributed by atoms with van der Waals surface area (Å²) in [6.07, 6.45) is 2.34. The van der Waals surface area contributed by atoms with E-state index in [4.69, 9.17) is 10.2 Å². The van der Waals surface area contributed by atoms with Gasteiger partial charge in [0, 0.05) is 12.5 Å². The summed E-state index contributed by atoms with van der Waals surface area (Å²) in [6.45, 7) is 0.123. The van der Waals surface area contributed by atoms with Crippen LogP contribution in [0.2, 0.25) is 0 Å². The van der Waals surface area contributed by atoms with Gasteiger partial charge in [0.2, 0.25) is 0 Å². The van der Waals surface area contributed by atoms with Gasteiger partial charge in [-0.15, -0.1) is 0 Å². The van der Waals surface area contributed by atoms with Gasteiger partial charge >= 0.3 is 0 Å². The first-order chi connectivity index (χ1) is 3.34. The normalized spacial score (nSPS) is 40.3. The average molecular weight is 101 g/mol. The third kappa shape index (κ3) is 0.763. The Labute approximate surface area is 42.8 Å². The van der Waals surface area contributed by atoms with Crippen molar-refractivity contribution < 1.29 is 10.2 Å². The molecule has 0 bridgehead atoms. The molecule has 1 radical (unpaired) electrons. The zero-order valence-electron chi connectivity index (χ0n) is 4.04. The molecule has 2 atom stereocenters. The zero-order chi connectivity index (χ0) is 5.28. The molecule has 0 spiro atoms. The Hall–Kier alpha value is -0.0800. The Kier molecular flexibility index (Phi) is 1.30. The second-order valence-electron chi connectivity index (χ2n) is 1.90. The molecule has 0 saturated heterocycles. The van der Waals surface area contributed by atoms with Crippen molar-refractivity contribution in [2.45, 2.75) is 12.5 Å². The van der Waals surface area contributed by atoms with Gasteiger partial charge in [-0.2, -0.15) is 0 Å². The smallest absolute Gasteiger partial charge is 0.0622 e. The molecular formula is C5H9O2. The number of rotatable bonds is 1. The Bertz CT molecular complexity index is 61.1. The van der Waals surface area contributed by atoms with E-state index in [1.54, 1.807) is 6.42 Å². The van der Waals surface area contributed by atoms with E-state index in [0.29, 0.717) is 0 Å². The third-order valence-electron chi connectivity index (χ3n) is 1.40. The van der Waals surface area contributed by atoms with Crippen molar-refractivity contribution in [3.63, 3.8) is 0 Å². The monoisotopic (exact) mass is 101 g/mol. The lowest BCUT2D eigenvalue weighted by atomic mass is 9.83. The molecule has 41 valence electrons. The van der Waals surface area contributed by atoms with Gasteiger partial charge in [-0.3, -0.25) is 0 Å². The van der Waals surface area contributed by atoms with Gasteiger partial charge in [-0.25, -0.2) is 0 Å². The molecule has 2 N–H and O–H groups in total. The highest BCUT2D eigenvalue weighted by molar-refractivity contribution is 4.94. The van der Waals surface area contributed by atoms with E-state index >= 15 is 0 Å². The number of hydrogen-bond acceptors (Lipinski definition) is 2. The fourth-order valence-corrected chi connectivity index (χ4v) is 0.633. The van der Waals surface area contributed by atoms with Crippen LogP contribution in [0.15, 0.2) is 0 Å². The summed E-state index contributed by atoms with van der Waals surface area (Å²) in [6, 6.07) is 0. The average Bonchev–Trinajstić information content (AvgIpc) is 1.65. The highest BCUT2D eigenvalue weighted by Gasteiger charge is 2.27. The molecule has 2 unspecified atom stereocenters. The minimum Gasteiger partial charge on any atom is -0.396 e. The molecule has 2 heteroatoms. The number of hydrogen-bond donors (Lipinski definition) is 2. The van der Waals surface area contributed by atoms with Crippen LogP contribution in [-0.4, -0.2) is 22.9 Å². The largest absolute Gasteiger partial charge is 0.396 e. The lowest BCUT2D eigenvalue weighted by Crippen LogP contribution is -2.34. The van der Waals surface area contributed by atoms with E-state index in [1.807, 2.05) is 0 Å². The molecule has 0 aromatic heterocycles. The van der Waals surface area contributed by atoms with Crippen molar-refractivity contribution in [2.24, 2.45) is 5.92 Å². The number of aliphatic hydroxyl groups excluding tert-OH is 2. The molecular weight excluding hydrogens is 92.1 g/mol. The minimum absolute atomic E-state index is 0.123. The van der Waals surface area contributed by atoms with E-state index in [-0.39, 0.29) is 18.6 Å². The summed E-state index contributed by atoms with van der Waals surface area (Å²) < 4.78 is 0. The summed E-state index contributed by atoms with van der Waals surface area (Å²) >= 11 is 0. The molecule has 1 saturated carbocycles. The highest BCUT2D eigenvalue weighted by Crippen LogP contribution is 2.24. The first kappa shape index (κ1) is 5.06. The van der Waals surface area contributed by atoms with Crippen LogP contribution >= 0.6 is 0 Å². The molecule has 1 fully saturated rings. The fraction of sp³-hybridized carbons (Fsp3) is 0.800. The topological polar surface area (TPSA) is 40.5 Å². The van der Waals surface area contributed by atoms with Gasteiger partial charge in [-0.1, -0.05) is 0 Å². The van der Waals surface area contributed by atoms with E-state index in [9.17, 15) is 0 Å². The van der Waals surface area contributed by atoms with Gasteiger partial charge in [0.15, 0.2) is 0 Å². The van der Waals surface area contributed by atoms with Crippen molar-refractivity contribution in [3.05, 3.63) is 6.42 Å². The fourth-order valence-electron chi connectivity index (χ4n) is 0.633. The maximum Gasteiger partial charge on any atom is 0.0622 e. The standard InChI is InChI=1S/C5H9O2/c6-3-4-1-2-5(4)7/h2,4-7H,1,3H2. The molecule has 7 heavy (non-hydrogen) atoms. The van der Waals surface area contributed by atoms with Crippen LogP contribution in [0.25, 0.3) is 0 Å². The first-order valence-electron chi connectivity index (χ1n) is 2.47. The highest BCUT2D eigenvalue weighted by atomic mass is 16.3. The van der Waals surface area contributed by atoms with Crippen LogP contribution in [0, 0.1) is 12.3 Å². The van der Waals surface area contributed by atoms with Gasteiger partial charge in [0.1, 0.15) is 0 Å². The van der Waals surface area contributed by atoms with Gasteiger partial charge in [0.05, 0.1) is 6.10 Å². The first-order valence-corrected chi connectivity index (χ1v) is 2.47. The van der Waals surface area contributed by atoms with Crippen molar-refractivity contribution >= 4 is 0 Å². The van der Waals surface area contributed by atoms with Gasteiger partial charge < -0.3 is 10.2 Å². The van der Waals surface area contributed by atoms with Gasteiger partial charge in [-0.05, 0) is 12.8 Å². The van der Waals surface area contributed by atoms with E-state index in [1.165, 1.54) is 0 Å². The Morgan fingerprint density at radius 2 is 2.43 bits per heavy atom. The van der Waals surface area contributed by atoms with Crippen molar-refractivity contribution in [3.8, 4) is 0 Å². The van der Waals surface area contributed by atoms with Crippen LogP contribution in [0.3, 0.4) is 0 Å². The Morgan fingerprint density at radius 1 is 1.71 bits per heavy atom. The third-order valence-corrected chi connectivity index (χ3v) is 1.40. The van der Waals surface area contributed by atoms with Crippen molar-refractivity contribution in [2.75, 3.05) is 6.61 Å². The molecule has 0 aromatic rings. The predicted octanol–water partition coefficient (Wildman–Crippen LogP) is -0.436. The molecule has 0 aliphatic heterocycles. The van der Waals surface area contributed by atoms with Crippen LogP contribution in [0.1, 0.15) is 6.42 Å². The van der Waals surface area contributed by atoms with E-state index in [2.05, 4.69) is 0 Å². The maximum atomic E-state index is 8.69. The Morgan fingerprint density at radius 3 is 2.43 bits per heavy atom. The molecule has 0 aromatic carbocycles. The quantitative estimate of drug-likeness (QED) is 0.470. The van der Waals surface area contributed by atoms with Crippen LogP contribution in [-0.2, 0) is 0 Å². The second-order valence-corrected chi connectivity index (χ2v) is 1.90. The molecule has 1 aliphatic carbocycles. The van der Waals surface area contributed by atoms with Crippen LogP contribution in [0.4, 0.5) is 0 Å². The van der Waals surface area contributed by atoms with E-state index < -0.39 is 0 Å². The summed E-state index contributed by atoms with van der Waals surface area (Å²) in [7, 11) is 0. The van der Waals surface area contributed by atoms with Crippen LogP contribution < -0.4 is 0 Å². The lowest BCUT2D eigenvalue weighted by molar-refractivity contribution is 0.0398.